The molecule has 0 spiro atoms. The van der Waals surface area contributed by atoms with Gasteiger partial charge < -0.3 is 10.5 Å². The van der Waals surface area contributed by atoms with Crippen LogP contribution in [0.15, 0.2) is 18.2 Å². The van der Waals surface area contributed by atoms with Crippen LogP contribution in [0.5, 0.6) is 5.75 Å². The number of hydrogen-bond acceptors (Lipinski definition) is 4. The van der Waals surface area contributed by atoms with Crippen LogP contribution in [0.1, 0.15) is 31.7 Å². The first kappa shape index (κ1) is 15.8. The largest absolute Gasteiger partial charge is 0.494 e. The Hall–Kier alpha value is -1.27. The monoisotopic (exact) mass is 287 g/mol. The number of ether oxygens (including phenoxy) is 1. The van der Waals surface area contributed by atoms with Crippen molar-refractivity contribution in [3.8, 4) is 5.75 Å². The second-order valence-electron chi connectivity index (χ2n) is 4.45. The summed E-state index contributed by atoms with van der Waals surface area (Å²) in [5.41, 5.74) is 7.67. The fraction of sp³-hybridized carbons (Fsp3) is 0.538. The Kier molecular flexibility index (Phi) is 6.11. The minimum Gasteiger partial charge on any atom is -0.494 e. The lowest BCUT2D eigenvalue weighted by molar-refractivity contribution is 0.316. The number of hydrogen-bond donors (Lipinski definition) is 2. The molecule has 19 heavy (non-hydrogen) atoms. The lowest BCUT2D eigenvalue weighted by Gasteiger charge is -2.10. The Morgan fingerprint density at radius 2 is 2.05 bits per heavy atom. The predicted octanol–water partition coefficient (Wildman–Crippen LogP) is 2.27. The third-order valence-corrected chi connectivity index (χ3v) is 3.53. The normalized spacial score (nSPS) is 11.5. The van der Waals surface area contributed by atoms with Crippen LogP contribution in [0.2, 0.25) is 0 Å². The van der Waals surface area contributed by atoms with E-state index in [0.29, 0.717) is 5.75 Å². The fourth-order valence-electron chi connectivity index (χ4n) is 1.69. The quantitative estimate of drug-likeness (QED) is 0.435. The maximum absolute atomic E-state index is 10.5. The molecule has 0 heterocycles. The Labute approximate surface area is 114 Å². The summed E-state index contributed by atoms with van der Waals surface area (Å²) in [5, 5.41) is 0. The van der Waals surface area contributed by atoms with Gasteiger partial charge in [0, 0.05) is 5.69 Å². The smallest absolute Gasteiger partial charge is 0.264 e. The molecule has 0 radical (unpaired) electrons. The summed E-state index contributed by atoms with van der Waals surface area (Å²) >= 11 is 0. The van der Waals surface area contributed by atoms with Crippen molar-refractivity contribution in [2.24, 2.45) is 0 Å². The number of anilines is 1. The van der Waals surface area contributed by atoms with Gasteiger partial charge in [0.25, 0.3) is 10.1 Å². The fourth-order valence-corrected chi connectivity index (χ4v) is 2.17. The second-order valence-corrected chi connectivity index (χ2v) is 6.02. The van der Waals surface area contributed by atoms with Gasteiger partial charge in [0.05, 0.1) is 12.4 Å². The van der Waals surface area contributed by atoms with E-state index in [1.807, 2.05) is 6.07 Å². The van der Waals surface area contributed by atoms with Gasteiger partial charge in [-0.2, -0.15) is 8.42 Å². The first-order valence-corrected chi connectivity index (χ1v) is 7.99. The van der Waals surface area contributed by atoms with Crippen LogP contribution in [0.4, 0.5) is 5.69 Å². The molecule has 0 unspecified atom stereocenters. The molecule has 0 saturated heterocycles. The first-order valence-electron chi connectivity index (χ1n) is 6.38. The van der Waals surface area contributed by atoms with E-state index >= 15 is 0 Å². The van der Waals surface area contributed by atoms with Gasteiger partial charge in [-0.05, 0) is 43.0 Å². The van der Waals surface area contributed by atoms with E-state index in [2.05, 4.69) is 6.92 Å². The van der Waals surface area contributed by atoms with Crippen LogP contribution in [0.3, 0.4) is 0 Å². The highest BCUT2D eigenvalue weighted by molar-refractivity contribution is 7.85. The minimum atomic E-state index is -3.91. The summed E-state index contributed by atoms with van der Waals surface area (Å²) in [6, 6.07) is 5.44. The van der Waals surface area contributed by atoms with Crippen LogP contribution in [-0.4, -0.2) is 25.3 Å². The van der Waals surface area contributed by atoms with Gasteiger partial charge in [0.15, 0.2) is 0 Å². The standard InChI is InChI=1S/C13H21NO4S/c1-2-3-5-11-10-12(6-7-13(11)14)18-8-4-9-19(15,16)17/h6-7,10H,2-5,8-9,14H2,1H3,(H,15,16,17). The number of nitrogen functional groups attached to an aromatic ring is 1. The molecule has 1 aromatic carbocycles. The molecule has 1 rings (SSSR count). The van der Waals surface area contributed by atoms with Crippen LogP contribution >= 0.6 is 0 Å². The Balaban J connectivity index is 2.50. The number of nitrogens with two attached hydrogens (primary N) is 1. The highest BCUT2D eigenvalue weighted by atomic mass is 32.2. The van der Waals surface area contributed by atoms with Crippen molar-refractivity contribution in [3.05, 3.63) is 23.8 Å². The third kappa shape index (κ3) is 6.45. The molecule has 0 aliphatic rings. The Morgan fingerprint density at radius 1 is 1.32 bits per heavy atom. The summed E-state index contributed by atoms with van der Waals surface area (Å²) in [6.45, 7) is 2.36. The van der Waals surface area contributed by atoms with Gasteiger partial charge >= 0.3 is 0 Å². The van der Waals surface area contributed by atoms with Crippen molar-refractivity contribution in [2.75, 3.05) is 18.1 Å². The van der Waals surface area contributed by atoms with Gasteiger partial charge in [-0.15, -0.1) is 0 Å². The van der Waals surface area contributed by atoms with E-state index in [0.717, 1.165) is 30.5 Å². The number of aryl methyl sites for hydroxylation is 1. The Bertz CT molecular complexity index is 499. The van der Waals surface area contributed by atoms with Gasteiger partial charge in [0.2, 0.25) is 0 Å². The van der Waals surface area contributed by atoms with E-state index in [4.69, 9.17) is 15.0 Å². The van der Waals surface area contributed by atoms with Crippen LogP contribution in [0.25, 0.3) is 0 Å². The maximum atomic E-state index is 10.5. The first-order chi connectivity index (χ1) is 8.92. The SMILES string of the molecule is CCCCc1cc(OCCCS(=O)(=O)O)ccc1N. The average Bonchev–Trinajstić information content (AvgIpc) is 2.33. The molecule has 1 aromatic rings. The van der Waals surface area contributed by atoms with Gasteiger partial charge in [0.1, 0.15) is 5.75 Å². The van der Waals surface area contributed by atoms with Crippen molar-refractivity contribution >= 4 is 15.8 Å². The summed E-state index contributed by atoms with van der Waals surface area (Å²) in [7, 11) is -3.91. The van der Waals surface area contributed by atoms with Gasteiger partial charge in [-0.3, -0.25) is 4.55 Å². The van der Waals surface area contributed by atoms with Crippen LogP contribution < -0.4 is 10.5 Å². The van der Waals surface area contributed by atoms with Crippen molar-refractivity contribution < 1.29 is 17.7 Å². The lowest BCUT2D eigenvalue weighted by atomic mass is 10.1. The average molecular weight is 287 g/mol. The molecule has 0 aromatic heterocycles. The zero-order valence-corrected chi connectivity index (χ0v) is 11.9. The topological polar surface area (TPSA) is 89.6 Å². The van der Waals surface area contributed by atoms with Crippen molar-refractivity contribution in [1.82, 2.24) is 0 Å². The van der Waals surface area contributed by atoms with Gasteiger partial charge in [-0.1, -0.05) is 13.3 Å². The summed E-state index contributed by atoms with van der Waals surface area (Å²) in [5.74, 6) is 0.389. The van der Waals surface area contributed by atoms with Crippen LogP contribution in [0, 0.1) is 0 Å². The summed E-state index contributed by atoms with van der Waals surface area (Å²) in [4.78, 5) is 0. The van der Waals surface area contributed by atoms with E-state index in [1.54, 1.807) is 12.1 Å². The summed E-state index contributed by atoms with van der Waals surface area (Å²) in [6.07, 6.45) is 3.33. The molecule has 108 valence electrons. The molecule has 0 bridgehead atoms. The zero-order valence-electron chi connectivity index (χ0n) is 11.1. The molecule has 3 N–H and O–H groups in total. The molecule has 0 fully saturated rings. The lowest BCUT2D eigenvalue weighted by Crippen LogP contribution is -2.08. The molecule has 5 nitrogen and oxygen atoms in total. The van der Waals surface area contributed by atoms with E-state index in [-0.39, 0.29) is 18.8 Å². The molecule has 0 aliphatic carbocycles. The highest BCUT2D eigenvalue weighted by Gasteiger charge is 2.05. The molecular weight excluding hydrogens is 266 g/mol. The molecule has 0 aliphatic heterocycles. The van der Waals surface area contributed by atoms with Gasteiger partial charge in [-0.25, -0.2) is 0 Å². The summed E-state index contributed by atoms with van der Waals surface area (Å²) < 4.78 is 35.1. The molecule has 0 atom stereocenters. The number of unbranched alkanes of at least 4 members (excludes halogenated alkanes) is 1. The maximum Gasteiger partial charge on any atom is 0.264 e. The zero-order chi connectivity index (χ0) is 14.3. The molecule has 6 heteroatoms. The van der Waals surface area contributed by atoms with E-state index in [1.165, 1.54) is 0 Å². The third-order valence-electron chi connectivity index (χ3n) is 2.73. The van der Waals surface area contributed by atoms with Crippen LogP contribution in [-0.2, 0) is 16.5 Å². The molecule has 0 saturated carbocycles. The molecule has 0 amide bonds. The second kappa shape index (κ2) is 7.35. The van der Waals surface area contributed by atoms with Crippen molar-refractivity contribution in [1.29, 1.82) is 0 Å². The number of rotatable bonds is 8. The molecular formula is C13H21NO4S. The Morgan fingerprint density at radius 3 is 2.68 bits per heavy atom. The van der Waals surface area contributed by atoms with E-state index in [9.17, 15) is 8.42 Å². The van der Waals surface area contributed by atoms with Crippen molar-refractivity contribution in [3.63, 3.8) is 0 Å². The minimum absolute atomic E-state index is 0.247. The number of benzene rings is 1. The predicted molar refractivity (Wildman–Crippen MR) is 76.0 cm³/mol. The van der Waals surface area contributed by atoms with Crippen molar-refractivity contribution in [2.45, 2.75) is 32.6 Å². The van der Waals surface area contributed by atoms with E-state index < -0.39 is 10.1 Å². The highest BCUT2D eigenvalue weighted by Crippen LogP contribution is 2.21.